The maximum absolute atomic E-state index is 12.6. The summed E-state index contributed by atoms with van der Waals surface area (Å²) in [5.41, 5.74) is 5.43. The second-order valence-corrected chi connectivity index (χ2v) is 7.38. The molecule has 1 N–H and O–H groups in total. The number of amides is 1. The van der Waals surface area contributed by atoms with Gasteiger partial charge in [-0.05, 0) is 42.9 Å². The van der Waals surface area contributed by atoms with E-state index in [0.29, 0.717) is 18.8 Å². The minimum atomic E-state index is -0.217. The standard InChI is InChI=1S/C22H25N5O2/c1-3-15-7-9-16(10-8-15)19-14-20(26(2)24-19)22(29)23-11-12-27-21(28)13-17-5-4-6-18(17)25-27/h7-10,13-14H,3-6,11-12H2,1-2H3,(H,23,29). The van der Waals surface area contributed by atoms with E-state index >= 15 is 0 Å². The quantitative estimate of drug-likeness (QED) is 0.698. The Kier molecular flexibility index (Phi) is 5.29. The zero-order chi connectivity index (χ0) is 20.4. The van der Waals surface area contributed by atoms with Gasteiger partial charge in [0.15, 0.2) is 0 Å². The molecule has 2 aromatic heterocycles. The van der Waals surface area contributed by atoms with Gasteiger partial charge >= 0.3 is 0 Å². The first-order valence-electron chi connectivity index (χ1n) is 10.1. The van der Waals surface area contributed by atoms with Crippen LogP contribution in [0.25, 0.3) is 11.3 Å². The molecule has 1 amide bonds. The Morgan fingerprint density at radius 3 is 2.69 bits per heavy atom. The number of carbonyl (C=O) groups is 1. The summed E-state index contributed by atoms with van der Waals surface area (Å²) in [4.78, 5) is 24.8. The van der Waals surface area contributed by atoms with Gasteiger partial charge in [-0.1, -0.05) is 31.2 Å². The zero-order valence-electron chi connectivity index (χ0n) is 16.8. The highest BCUT2D eigenvalue weighted by Gasteiger charge is 2.16. The molecule has 7 heteroatoms. The lowest BCUT2D eigenvalue weighted by Gasteiger charge is -2.08. The van der Waals surface area contributed by atoms with E-state index in [1.165, 1.54) is 10.2 Å². The van der Waals surface area contributed by atoms with Gasteiger partial charge in [0.1, 0.15) is 5.69 Å². The van der Waals surface area contributed by atoms with Gasteiger partial charge in [0.25, 0.3) is 11.5 Å². The van der Waals surface area contributed by atoms with Crippen molar-refractivity contribution in [2.45, 2.75) is 39.2 Å². The lowest BCUT2D eigenvalue weighted by molar-refractivity contribution is 0.0942. The van der Waals surface area contributed by atoms with Gasteiger partial charge in [-0.3, -0.25) is 14.3 Å². The summed E-state index contributed by atoms with van der Waals surface area (Å²) in [6.07, 6.45) is 3.88. The topological polar surface area (TPSA) is 81.8 Å². The first-order chi connectivity index (χ1) is 14.0. The second-order valence-electron chi connectivity index (χ2n) is 7.38. The smallest absolute Gasteiger partial charge is 0.269 e. The molecule has 0 bridgehead atoms. The minimum Gasteiger partial charge on any atom is -0.349 e. The third kappa shape index (κ3) is 3.99. The fourth-order valence-corrected chi connectivity index (χ4v) is 3.70. The zero-order valence-corrected chi connectivity index (χ0v) is 16.8. The van der Waals surface area contributed by atoms with Crippen molar-refractivity contribution < 1.29 is 4.79 Å². The molecule has 29 heavy (non-hydrogen) atoms. The maximum atomic E-state index is 12.6. The number of carbonyl (C=O) groups excluding carboxylic acids is 1. The summed E-state index contributed by atoms with van der Waals surface area (Å²) in [6.45, 7) is 2.79. The SMILES string of the molecule is CCc1ccc(-c2cc(C(=O)NCCn3nc4c(cc3=O)CCC4)n(C)n2)cc1. The molecule has 0 radical (unpaired) electrons. The van der Waals surface area contributed by atoms with Crippen LogP contribution in [-0.2, 0) is 32.9 Å². The molecule has 0 atom stereocenters. The summed E-state index contributed by atoms with van der Waals surface area (Å²) in [5, 5.41) is 11.8. The van der Waals surface area contributed by atoms with Crippen molar-refractivity contribution in [1.82, 2.24) is 24.9 Å². The van der Waals surface area contributed by atoms with Crippen LogP contribution in [0.3, 0.4) is 0 Å². The molecule has 0 saturated carbocycles. The Bertz CT molecular complexity index is 1100. The summed E-state index contributed by atoms with van der Waals surface area (Å²) >= 11 is 0. The molecule has 1 aliphatic carbocycles. The minimum absolute atomic E-state index is 0.113. The van der Waals surface area contributed by atoms with Crippen LogP contribution in [0.4, 0.5) is 0 Å². The highest BCUT2D eigenvalue weighted by Crippen LogP contribution is 2.20. The van der Waals surface area contributed by atoms with Crippen molar-refractivity contribution in [2.24, 2.45) is 7.05 Å². The van der Waals surface area contributed by atoms with Crippen LogP contribution in [0.15, 0.2) is 41.2 Å². The van der Waals surface area contributed by atoms with Gasteiger partial charge in [-0.15, -0.1) is 0 Å². The van der Waals surface area contributed by atoms with Crippen molar-refractivity contribution in [3.8, 4) is 11.3 Å². The normalized spacial score (nSPS) is 12.8. The number of hydrogen-bond donors (Lipinski definition) is 1. The number of aryl methyl sites for hydroxylation is 4. The summed E-state index contributed by atoms with van der Waals surface area (Å²) in [5.74, 6) is -0.217. The van der Waals surface area contributed by atoms with Crippen LogP contribution in [0.5, 0.6) is 0 Å². The Morgan fingerprint density at radius 1 is 1.14 bits per heavy atom. The maximum Gasteiger partial charge on any atom is 0.269 e. The Hall–Kier alpha value is -3.22. The number of aromatic nitrogens is 4. The van der Waals surface area contributed by atoms with E-state index in [-0.39, 0.29) is 11.5 Å². The van der Waals surface area contributed by atoms with E-state index in [4.69, 9.17) is 0 Å². The Morgan fingerprint density at radius 2 is 1.93 bits per heavy atom. The van der Waals surface area contributed by atoms with Crippen molar-refractivity contribution >= 4 is 5.91 Å². The highest BCUT2D eigenvalue weighted by atomic mass is 16.2. The molecule has 150 valence electrons. The average molecular weight is 391 g/mol. The van der Waals surface area contributed by atoms with Crippen LogP contribution in [0, 0.1) is 0 Å². The number of rotatable bonds is 6. The molecular formula is C22H25N5O2. The predicted molar refractivity (Wildman–Crippen MR) is 111 cm³/mol. The van der Waals surface area contributed by atoms with Crippen LogP contribution in [0.1, 0.15) is 40.7 Å². The molecule has 0 fully saturated rings. The number of nitrogens with one attached hydrogen (secondary N) is 1. The number of hydrogen-bond acceptors (Lipinski definition) is 4. The van der Waals surface area contributed by atoms with Gasteiger partial charge < -0.3 is 5.32 Å². The molecule has 1 aliphatic rings. The van der Waals surface area contributed by atoms with E-state index in [0.717, 1.165) is 48.2 Å². The van der Waals surface area contributed by atoms with E-state index in [9.17, 15) is 9.59 Å². The molecular weight excluding hydrogens is 366 g/mol. The van der Waals surface area contributed by atoms with E-state index < -0.39 is 0 Å². The highest BCUT2D eigenvalue weighted by molar-refractivity contribution is 5.93. The van der Waals surface area contributed by atoms with Crippen molar-refractivity contribution in [2.75, 3.05) is 6.54 Å². The van der Waals surface area contributed by atoms with Gasteiger partial charge in [-0.2, -0.15) is 10.2 Å². The van der Waals surface area contributed by atoms with E-state index in [2.05, 4.69) is 34.6 Å². The number of nitrogens with zero attached hydrogens (tertiary/aromatic N) is 4. The van der Waals surface area contributed by atoms with E-state index in [1.54, 1.807) is 23.9 Å². The molecule has 0 unspecified atom stereocenters. The fraction of sp³-hybridized carbons (Fsp3) is 0.364. The number of fused-ring (bicyclic) bond motifs is 1. The predicted octanol–water partition coefficient (Wildman–Crippen LogP) is 2.12. The van der Waals surface area contributed by atoms with Gasteiger partial charge in [0, 0.05) is 25.2 Å². The molecule has 4 rings (SSSR count). The molecule has 7 nitrogen and oxygen atoms in total. The molecule has 2 heterocycles. The molecule has 3 aromatic rings. The lowest BCUT2D eigenvalue weighted by atomic mass is 10.1. The first-order valence-corrected chi connectivity index (χ1v) is 10.1. The van der Waals surface area contributed by atoms with Crippen LogP contribution < -0.4 is 10.9 Å². The molecule has 0 spiro atoms. The summed E-state index contributed by atoms with van der Waals surface area (Å²) in [7, 11) is 1.76. The lowest BCUT2D eigenvalue weighted by Crippen LogP contribution is -2.33. The average Bonchev–Trinajstić information content (AvgIpc) is 3.34. The van der Waals surface area contributed by atoms with Crippen LogP contribution >= 0.6 is 0 Å². The largest absolute Gasteiger partial charge is 0.349 e. The molecule has 1 aromatic carbocycles. The first kappa shape index (κ1) is 19.1. The van der Waals surface area contributed by atoms with Crippen molar-refractivity contribution in [3.63, 3.8) is 0 Å². The van der Waals surface area contributed by atoms with Gasteiger partial charge in [0.2, 0.25) is 0 Å². The Labute approximate surface area is 169 Å². The third-order valence-corrected chi connectivity index (χ3v) is 5.40. The van der Waals surface area contributed by atoms with Gasteiger partial charge in [0.05, 0.1) is 17.9 Å². The molecule has 0 aliphatic heterocycles. The third-order valence-electron chi connectivity index (χ3n) is 5.40. The second kappa shape index (κ2) is 8.03. The summed E-state index contributed by atoms with van der Waals surface area (Å²) < 4.78 is 3.02. The molecule has 0 saturated heterocycles. The Balaban J connectivity index is 1.41. The summed E-state index contributed by atoms with van der Waals surface area (Å²) in [6, 6.07) is 11.7. The van der Waals surface area contributed by atoms with Crippen molar-refractivity contribution in [1.29, 1.82) is 0 Å². The monoisotopic (exact) mass is 391 g/mol. The van der Waals surface area contributed by atoms with E-state index in [1.807, 2.05) is 12.1 Å². The van der Waals surface area contributed by atoms with Crippen molar-refractivity contribution in [3.05, 3.63) is 69.3 Å². The fourth-order valence-electron chi connectivity index (χ4n) is 3.70. The van der Waals surface area contributed by atoms with Crippen LogP contribution in [-0.4, -0.2) is 32.0 Å². The van der Waals surface area contributed by atoms with Crippen LogP contribution in [0.2, 0.25) is 0 Å². The van der Waals surface area contributed by atoms with Gasteiger partial charge in [-0.25, -0.2) is 4.68 Å². The number of benzene rings is 1.